The molecule has 0 unspecified atom stereocenters. The largest absolute Gasteiger partial charge is 0.340 e. The first-order valence-corrected chi connectivity index (χ1v) is 11.6. The third-order valence-electron chi connectivity index (χ3n) is 5.07. The molecule has 7 heteroatoms. The van der Waals surface area contributed by atoms with E-state index in [1.165, 1.54) is 4.31 Å². The molecule has 0 bridgehead atoms. The van der Waals surface area contributed by atoms with Gasteiger partial charge >= 0.3 is 0 Å². The van der Waals surface area contributed by atoms with Crippen molar-refractivity contribution in [2.24, 2.45) is 0 Å². The Balaban J connectivity index is 1.59. The van der Waals surface area contributed by atoms with E-state index in [9.17, 15) is 13.2 Å². The highest BCUT2D eigenvalue weighted by Crippen LogP contribution is 2.22. The van der Waals surface area contributed by atoms with Gasteiger partial charge in [0.15, 0.2) is 0 Å². The lowest BCUT2D eigenvalue weighted by atomic mass is 10.1. The molecule has 1 saturated heterocycles. The normalized spacial score (nSPS) is 15.6. The van der Waals surface area contributed by atoms with Gasteiger partial charge in [0.05, 0.1) is 4.90 Å². The molecule has 28 heavy (non-hydrogen) atoms. The molecule has 5 nitrogen and oxygen atoms in total. The van der Waals surface area contributed by atoms with Gasteiger partial charge in [-0.1, -0.05) is 40.2 Å². The fourth-order valence-corrected chi connectivity index (χ4v) is 5.58. The molecule has 0 radical (unpaired) electrons. The summed E-state index contributed by atoms with van der Waals surface area (Å²) in [4.78, 5) is 14.7. The molecule has 0 saturated carbocycles. The van der Waals surface area contributed by atoms with E-state index in [1.54, 1.807) is 11.0 Å². The molecule has 2 aromatic rings. The lowest BCUT2D eigenvalue weighted by molar-refractivity contribution is -0.132. The van der Waals surface area contributed by atoms with Crippen molar-refractivity contribution in [2.45, 2.75) is 31.6 Å². The first-order chi connectivity index (χ1) is 13.3. The average molecular weight is 465 g/mol. The second-order valence-electron chi connectivity index (χ2n) is 7.18. The third-order valence-corrected chi connectivity index (χ3v) is 7.60. The van der Waals surface area contributed by atoms with Crippen LogP contribution in [-0.2, 0) is 21.2 Å². The minimum absolute atomic E-state index is 0.0729. The highest BCUT2D eigenvalue weighted by molar-refractivity contribution is 9.10. The molecule has 0 spiro atoms. The van der Waals surface area contributed by atoms with E-state index in [0.717, 1.165) is 21.2 Å². The molecule has 0 aliphatic carbocycles. The minimum atomic E-state index is -3.53. The van der Waals surface area contributed by atoms with Gasteiger partial charge in [-0.25, -0.2) is 8.42 Å². The predicted molar refractivity (Wildman–Crippen MR) is 114 cm³/mol. The smallest absolute Gasteiger partial charge is 0.243 e. The van der Waals surface area contributed by atoms with Crippen LogP contribution in [0.3, 0.4) is 0 Å². The summed E-state index contributed by atoms with van der Waals surface area (Å²) >= 11 is 3.44. The van der Waals surface area contributed by atoms with E-state index >= 15 is 0 Å². The minimum Gasteiger partial charge on any atom is -0.340 e. The van der Waals surface area contributed by atoms with E-state index < -0.39 is 10.0 Å². The van der Waals surface area contributed by atoms with Gasteiger partial charge in [-0.3, -0.25) is 4.79 Å². The molecule has 0 atom stereocenters. The molecule has 3 rings (SSSR count). The van der Waals surface area contributed by atoms with Gasteiger partial charge in [0.2, 0.25) is 15.9 Å². The molecule has 1 heterocycles. The fraction of sp³-hybridized carbons (Fsp3) is 0.381. The first kappa shape index (κ1) is 21.0. The number of hydrogen-bond donors (Lipinski definition) is 0. The second-order valence-corrected chi connectivity index (χ2v) is 10.0. The van der Waals surface area contributed by atoms with Gasteiger partial charge < -0.3 is 4.90 Å². The number of rotatable bonds is 5. The molecular weight excluding hydrogens is 440 g/mol. The van der Waals surface area contributed by atoms with Crippen LogP contribution in [0.25, 0.3) is 0 Å². The Hall–Kier alpha value is -1.70. The zero-order valence-electron chi connectivity index (χ0n) is 16.2. The van der Waals surface area contributed by atoms with Crippen molar-refractivity contribution >= 4 is 31.9 Å². The maximum Gasteiger partial charge on any atom is 0.243 e. The SMILES string of the molecule is Cc1ccc(C)c(S(=O)(=O)N2CCN(C(=O)CCc3cccc(Br)c3)CC2)c1. The van der Waals surface area contributed by atoms with E-state index in [4.69, 9.17) is 0 Å². The van der Waals surface area contributed by atoms with E-state index in [0.29, 0.717) is 43.9 Å². The van der Waals surface area contributed by atoms with Crippen LogP contribution in [0.2, 0.25) is 0 Å². The Kier molecular flexibility index (Phi) is 6.58. The summed E-state index contributed by atoms with van der Waals surface area (Å²) in [6.07, 6.45) is 1.11. The van der Waals surface area contributed by atoms with Crippen molar-refractivity contribution in [1.82, 2.24) is 9.21 Å². The molecule has 1 amide bonds. The summed E-state index contributed by atoms with van der Waals surface area (Å²) in [6.45, 7) is 5.23. The summed E-state index contributed by atoms with van der Waals surface area (Å²) in [5.74, 6) is 0.0729. The molecule has 1 fully saturated rings. The summed E-state index contributed by atoms with van der Waals surface area (Å²) in [7, 11) is -3.53. The second kappa shape index (κ2) is 8.76. The number of hydrogen-bond acceptors (Lipinski definition) is 3. The Morgan fingerprint density at radius 1 is 1.04 bits per heavy atom. The van der Waals surface area contributed by atoms with Gasteiger partial charge in [-0.05, 0) is 55.2 Å². The molecule has 150 valence electrons. The summed E-state index contributed by atoms with van der Waals surface area (Å²) in [6, 6.07) is 13.4. The predicted octanol–water partition coefficient (Wildman–Crippen LogP) is 3.53. The fourth-order valence-electron chi connectivity index (χ4n) is 3.40. The van der Waals surface area contributed by atoms with Crippen LogP contribution in [-0.4, -0.2) is 49.7 Å². The van der Waals surface area contributed by atoms with Gasteiger partial charge in [0.1, 0.15) is 0 Å². The molecule has 0 aromatic heterocycles. The van der Waals surface area contributed by atoms with Crippen molar-refractivity contribution in [1.29, 1.82) is 0 Å². The number of benzene rings is 2. The average Bonchev–Trinajstić information content (AvgIpc) is 2.68. The van der Waals surface area contributed by atoms with Gasteiger partial charge in [-0.2, -0.15) is 4.31 Å². The number of nitrogens with zero attached hydrogens (tertiary/aromatic N) is 2. The Morgan fingerprint density at radius 3 is 2.43 bits per heavy atom. The van der Waals surface area contributed by atoms with E-state index in [2.05, 4.69) is 15.9 Å². The van der Waals surface area contributed by atoms with E-state index in [-0.39, 0.29) is 5.91 Å². The van der Waals surface area contributed by atoms with Crippen LogP contribution in [0.5, 0.6) is 0 Å². The van der Waals surface area contributed by atoms with Crippen LogP contribution < -0.4 is 0 Å². The summed E-state index contributed by atoms with van der Waals surface area (Å²) < 4.78 is 28.5. The quantitative estimate of drug-likeness (QED) is 0.679. The zero-order valence-corrected chi connectivity index (χ0v) is 18.6. The Labute approximate surface area is 175 Å². The number of aryl methyl sites for hydroxylation is 3. The van der Waals surface area contributed by atoms with Gasteiger partial charge in [0.25, 0.3) is 0 Å². The maximum absolute atomic E-state index is 13.0. The summed E-state index contributed by atoms with van der Waals surface area (Å²) in [5.41, 5.74) is 2.78. The van der Waals surface area contributed by atoms with Crippen LogP contribution in [0.15, 0.2) is 51.8 Å². The van der Waals surface area contributed by atoms with Crippen molar-refractivity contribution < 1.29 is 13.2 Å². The van der Waals surface area contributed by atoms with E-state index in [1.807, 2.05) is 50.2 Å². The standard InChI is InChI=1S/C21H25BrN2O3S/c1-16-6-7-17(2)20(14-16)28(26,27)24-12-10-23(11-13-24)21(25)9-8-18-4-3-5-19(22)15-18/h3-7,14-15H,8-13H2,1-2H3. The maximum atomic E-state index is 13.0. The highest BCUT2D eigenvalue weighted by Gasteiger charge is 2.30. The van der Waals surface area contributed by atoms with Crippen LogP contribution >= 0.6 is 15.9 Å². The van der Waals surface area contributed by atoms with Gasteiger partial charge in [0, 0.05) is 37.1 Å². The van der Waals surface area contributed by atoms with Crippen molar-refractivity contribution in [3.8, 4) is 0 Å². The third kappa shape index (κ3) is 4.82. The zero-order chi connectivity index (χ0) is 20.3. The van der Waals surface area contributed by atoms with Crippen LogP contribution in [0.1, 0.15) is 23.1 Å². The lowest BCUT2D eigenvalue weighted by Crippen LogP contribution is -2.50. The molecule has 0 N–H and O–H groups in total. The van der Waals surface area contributed by atoms with Crippen LogP contribution in [0.4, 0.5) is 0 Å². The topological polar surface area (TPSA) is 57.7 Å². The van der Waals surface area contributed by atoms with Crippen molar-refractivity contribution in [2.75, 3.05) is 26.2 Å². The Morgan fingerprint density at radius 2 is 1.75 bits per heavy atom. The number of carbonyl (C=O) groups is 1. The number of piperazine rings is 1. The Bertz CT molecular complexity index is 967. The van der Waals surface area contributed by atoms with Gasteiger partial charge in [-0.15, -0.1) is 0 Å². The molecule has 2 aromatic carbocycles. The molecule has 1 aliphatic rings. The number of halogens is 1. The van der Waals surface area contributed by atoms with Crippen molar-refractivity contribution in [3.63, 3.8) is 0 Å². The number of amides is 1. The lowest BCUT2D eigenvalue weighted by Gasteiger charge is -2.34. The monoisotopic (exact) mass is 464 g/mol. The number of sulfonamides is 1. The van der Waals surface area contributed by atoms with Crippen molar-refractivity contribution in [3.05, 3.63) is 63.6 Å². The van der Waals surface area contributed by atoms with Crippen LogP contribution in [0, 0.1) is 13.8 Å². The molecular formula is C21H25BrN2O3S. The number of carbonyl (C=O) groups excluding carboxylic acids is 1. The highest BCUT2D eigenvalue weighted by atomic mass is 79.9. The molecule has 1 aliphatic heterocycles. The first-order valence-electron chi connectivity index (χ1n) is 9.37. The summed E-state index contributed by atoms with van der Waals surface area (Å²) in [5, 5.41) is 0.